The molecule has 0 aliphatic carbocycles. The zero-order valence-electron chi connectivity index (χ0n) is 16.7. The molecule has 30 heavy (non-hydrogen) atoms. The summed E-state index contributed by atoms with van der Waals surface area (Å²) in [6.07, 6.45) is 1.33. The maximum atomic E-state index is 14.2. The Bertz CT molecular complexity index is 1040. The molecule has 2 aromatic rings. The van der Waals surface area contributed by atoms with Crippen LogP contribution in [-0.2, 0) is 19.8 Å². The van der Waals surface area contributed by atoms with E-state index in [-0.39, 0.29) is 11.6 Å². The average Bonchev–Trinajstić information content (AvgIpc) is 3.13. The molecule has 0 aromatic heterocycles. The van der Waals surface area contributed by atoms with Crippen molar-refractivity contribution in [2.45, 2.75) is 12.8 Å². The number of anilines is 3. The van der Waals surface area contributed by atoms with Crippen LogP contribution in [0, 0.1) is 5.82 Å². The SMILES string of the molecule is CN(C)S(=O)(=O)N(CC(=O)Nc1ccc(N2CCCC2=O)cc1)c1ccccc1F. The molecule has 3 rings (SSSR count). The van der Waals surface area contributed by atoms with Crippen LogP contribution in [0.15, 0.2) is 48.5 Å². The van der Waals surface area contributed by atoms with Gasteiger partial charge in [0.05, 0.1) is 5.69 Å². The second kappa shape index (κ2) is 8.80. The zero-order chi connectivity index (χ0) is 21.9. The summed E-state index contributed by atoms with van der Waals surface area (Å²) >= 11 is 0. The number of para-hydroxylation sites is 1. The van der Waals surface area contributed by atoms with Gasteiger partial charge in [0.15, 0.2) is 0 Å². The minimum absolute atomic E-state index is 0.0567. The number of rotatable bonds is 7. The van der Waals surface area contributed by atoms with E-state index in [1.165, 1.54) is 32.3 Å². The molecule has 10 heteroatoms. The lowest BCUT2D eigenvalue weighted by molar-refractivity contribution is -0.117. The molecule has 2 aromatic carbocycles. The zero-order valence-corrected chi connectivity index (χ0v) is 17.5. The predicted molar refractivity (Wildman–Crippen MR) is 113 cm³/mol. The molecule has 1 aliphatic heterocycles. The van der Waals surface area contributed by atoms with E-state index in [0.29, 0.717) is 18.7 Å². The summed E-state index contributed by atoms with van der Waals surface area (Å²) in [5.74, 6) is -1.33. The highest BCUT2D eigenvalue weighted by molar-refractivity contribution is 7.90. The smallest absolute Gasteiger partial charge is 0.304 e. The maximum absolute atomic E-state index is 14.2. The van der Waals surface area contributed by atoms with Crippen LogP contribution in [0.4, 0.5) is 21.5 Å². The van der Waals surface area contributed by atoms with Gasteiger partial charge in [-0.15, -0.1) is 0 Å². The number of hydrogen-bond donors (Lipinski definition) is 1. The van der Waals surface area contributed by atoms with E-state index in [1.807, 2.05) is 0 Å². The first-order valence-corrected chi connectivity index (χ1v) is 10.7. The number of carbonyl (C=O) groups excluding carboxylic acids is 2. The van der Waals surface area contributed by atoms with E-state index in [1.54, 1.807) is 29.2 Å². The van der Waals surface area contributed by atoms with Crippen molar-refractivity contribution in [2.75, 3.05) is 41.7 Å². The number of nitrogens with zero attached hydrogens (tertiary/aromatic N) is 3. The Kier molecular flexibility index (Phi) is 6.37. The van der Waals surface area contributed by atoms with Crippen molar-refractivity contribution in [1.82, 2.24) is 4.31 Å². The Balaban J connectivity index is 1.76. The number of halogens is 1. The minimum Gasteiger partial charge on any atom is -0.325 e. The van der Waals surface area contributed by atoms with E-state index in [9.17, 15) is 22.4 Å². The monoisotopic (exact) mass is 434 g/mol. The van der Waals surface area contributed by atoms with Crippen LogP contribution in [0.5, 0.6) is 0 Å². The van der Waals surface area contributed by atoms with E-state index in [2.05, 4.69) is 5.32 Å². The molecule has 0 unspecified atom stereocenters. The van der Waals surface area contributed by atoms with Crippen molar-refractivity contribution in [2.24, 2.45) is 0 Å². The van der Waals surface area contributed by atoms with Crippen LogP contribution < -0.4 is 14.5 Å². The third kappa shape index (κ3) is 4.60. The summed E-state index contributed by atoms with van der Waals surface area (Å²) in [6, 6.07) is 12.0. The van der Waals surface area contributed by atoms with Crippen molar-refractivity contribution in [3.63, 3.8) is 0 Å². The number of amides is 2. The topological polar surface area (TPSA) is 90.0 Å². The molecule has 1 heterocycles. The van der Waals surface area contributed by atoms with Crippen molar-refractivity contribution in [1.29, 1.82) is 0 Å². The minimum atomic E-state index is -4.10. The molecule has 0 bridgehead atoms. The van der Waals surface area contributed by atoms with Crippen LogP contribution >= 0.6 is 0 Å². The Morgan fingerprint density at radius 3 is 2.37 bits per heavy atom. The number of nitrogens with one attached hydrogen (secondary N) is 1. The standard InChI is InChI=1S/C20H23FN4O4S/c1-23(2)30(28,29)25(18-7-4-3-6-17(18)21)14-19(26)22-15-9-11-16(12-10-15)24-13-5-8-20(24)27/h3-4,6-7,9-12H,5,8,13-14H2,1-2H3,(H,22,26). The highest BCUT2D eigenvalue weighted by Gasteiger charge is 2.29. The first-order chi connectivity index (χ1) is 14.2. The Morgan fingerprint density at radius 1 is 1.13 bits per heavy atom. The van der Waals surface area contributed by atoms with Gasteiger partial charge in [-0.1, -0.05) is 12.1 Å². The molecule has 160 valence electrons. The summed E-state index contributed by atoms with van der Waals surface area (Å²) in [5, 5.41) is 2.61. The van der Waals surface area contributed by atoms with Gasteiger partial charge in [0, 0.05) is 38.4 Å². The molecule has 1 aliphatic rings. The third-order valence-corrected chi connectivity index (χ3v) is 6.49. The fourth-order valence-corrected chi connectivity index (χ4v) is 4.19. The van der Waals surface area contributed by atoms with Gasteiger partial charge >= 0.3 is 10.2 Å². The van der Waals surface area contributed by atoms with Crippen LogP contribution in [-0.4, -0.2) is 51.7 Å². The normalized spacial score (nSPS) is 14.3. The number of carbonyl (C=O) groups is 2. The van der Waals surface area contributed by atoms with E-state index in [4.69, 9.17) is 0 Å². The molecular formula is C20H23FN4O4S. The third-order valence-electron chi connectivity index (χ3n) is 4.68. The average molecular weight is 434 g/mol. The molecule has 0 atom stereocenters. The molecule has 1 fully saturated rings. The van der Waals surface area contributed by atoms with Crippen molar-refractivity contribution < 1.29 is 22.4 Å². The van der Waals surface area contributed by atoms with E-state index in [0.717, 1.165) is 26.8 Å². The molecule has 2 amide bonds. The first-order valence-electron chi connectivity index (χ1n) is 9.35. The summed E-state index contributed by atoms with van der Waals surface area (Å²) in [5.41, 5.74) is 0.953. The van der Waals surface area contributed by atoms with Gasteiger partial charge in [-0.05, 0) is 42.8 Å². The van der Waals surface area contributed by atoms with Gasteiger partial charge in [-0.3, -0.25) is 9.59 Å². The highest BCUT2D eigenvalue weighted by atomic mass is 32.2. The van der Waals surface area contributed by atoms with Crippen LogP contribution in [0.2, 0.25) is 0 Å². The van der Waals surface area contributed by atoms with Gasteiger partial charge in [-0.2, -0.15) is 12.7 Å². The van der Waals surface area contributed by atoms with E-state index < -0.39 is 28.5 Å². The predicted octanol–water partition coefficient (Wildman–Crippen LogP) is 2.20. The molecule has 0 saturated carbocycles. The summed E-state index contributed by atoms with van der Waals surface area (Å²) < 4.78 is 41.2. The van der Waals surface area contributed by atoms with Crippen molar-refractivity contribution >= 4 is 39.1 Å². The fraction of sp³-hybridized carbons (Fsp3) is 0.300. The Labute approximate surface area is 175 Å². The second-order valence-corrected chi connectivity index (χ2v) is 9.06. The maximum Gasteiger partial charge on any atom is 0.304 e. The van der Waals surface area contributed by atoms with E-state index >= 15 is 0 Å². The number of hydrogen-bond acceptors (Lipinski definition) is 4. The Hall–Kier alpha value is -2.98. The first kappa shape index (κ1) is 21.7. The summed E-state index contributed by atoms with van der Waals surface area (Å²) in [6.45, 7) is 0.0539. The van der Waals surface area contributed by atoms with Gasteiger partial charge in [0.1, 0.15) is 12.4 Å². The highest BCUT2D eigenvalue weighted by Crippen LogP contribution is 2.25. The fourth-order valence-electron chi connectivity index (χ4n) is 3.12. The van der Waals surface area contributed by atoms with Crippen molar-refractivity contribution in [3.8, 4) is 0 Å². The van der Waals surface area contributed by atoms with Gasteiger partial charge in [-0.25, -0.2) is 8.70 Å². The lowest BCUT2D eigenvalue weighted by Crippen LogP contribution is -2.44. The van der Waals surface area contributed by atoms with Gasteiger partial charge < -0.3 is 10.2 Å². The molecule has 1 N–H and O–H groups in total. The lowest BCUT2D eigenvalue weighted by atomic mass is 10.2. The quantitative estimate of drug-likeness (QED) is 0.724. The summed E-state index contributed by atoms with van der Waals surface area (Å²) in [4.78, 5) is 26.1. The molecular weight excluding hydrogens is 411 g/mol. The van der Waals surface area contributed by atoms with Crippen LogP contribution in [0.1, 0.15) is 12.8 Å². The van der Waals surface area contributed by atoms with Crippen LogP contribution in [0.3, 0.4) is 0 Å². The lowest BCUT2D eigenvalue weighted by Gasteiger charge is -2.27. The molecule has 1 saturated heterocycles. The summed E-state index contributed by atoms with van der Waals surface area (Å²) in [7, 11) is -1.49. The molecule has 8 nitrogen and oxygen atoms in total. The van der Waals surface area contributed by atoms with Crippen molar-refractivity contribution in [3.05, 3.63) is 54.3 Å². The second-order valence-electron chi connectivity index (χ2n) is 6.99. The molecule has 0 spiro atoms. The van der Waals surface area contributed by atoms with Gasteiger partial charge in [0.25, 0.3) is 0 Å². The Morgan fingerprint density at radius 2 is 1.80 bits per heavy atom. The molecule has 0 radical (unpaired) electrons. The van der Waals surface area contributed by atoms with Crippen LogP contribution in [0.25, 0.3) is 0 Å². The number of benzene rings is 2. The van der Waals surface area contributed by atoms with Gasteiger partial charge in [0.2, 0.25) is 11.8 Å². The largest absolute Gasteiger partial charge is 0.325 e.